The summed E-state index contributed by atoms with van der Waals surface area (Å²) in [5, 5.41) is 0. The zero-order valence-corrected chi connectivity index (χ0v) is 8.84. The summed E-state index contributed by atoms with van der Waals surface area (Å²) in [6, 6.07) is 1.80. The van der Waals surface area contributed by atoms with Crippen LogP contribution in [0.2, 0.25) is 0 Å². The Labute approximate surface area is 84.1 Å². The standard InChI is InChI=1S/C11H13NO2/c1-5-6-9-7-10(13-3)8(2)11(12-9)14-4/h7H,1-4H3. The summed E-state index contributed by atoms with van der Waals surface area (Å²) < 4.78 is 10.3. The molecule has 0 bridgehead atoms. The van der Waals surface area contributed by atoms with Crippen molar-refractivity contribution in [2.45, 2.75) is 13.8 Å². The smallest absolute Gasteiger partial charge is 0.220 e. The maximum Gasteiger partial charge on any atom is 0.220 e. The van der Waals surface area contributed by atoms with Gasteiger partial charge in [0.1, 0.15) is 11.4 Å². The molecule has 1 heterocycles. The lowest BCUT2D eigenvalue weighted by molar-refractivity contribution is 0.376. The van der Waals surface area contributed by atoms with Crippen molar-refractivity contribution in [3.8, 4) is 23.5 Å². The highest BCUT2D eigenvalue weighted by molar-refractivity contribution is 5.45. The molecule has 3 nitrogen and oxygen atoms in total. The third kappa shape index (κ3) is 1.97. The Morgan fingerprint density at radius 3 is 2.50 bits per heavy atom. The van der Waals surface area contributed by atoms with E-state index in [1.165, 1.54) is 0 Å². The first kappa shape index (κ1) is 10.4. The first-order valence-corrected chi connectivity index (χ1v) is 4.25. The Balaban J connectivity index is 3.29. The molecule has 3 heteroatoms. The van der Waals surface area contributed by atoms with Gasteiger partial charge in [-0.05, 0) is 19.8 Å². The second kappa shape index (κ2) is 4.52. The molecule has 74 valence electrons. The number of hydrogen-bond donors (Lipinski definition) is 0. The normalized spacial score (nSPS) is 8.86. The van der Waals surface area contributed by atoms with Gasteiger partial charge in [-0.1, -0.05) is 5.92 Å². The number of ether oxygens (including phenoxy) is 2. The van der Waals surface area contributed by atoms with E-state index in [4.69, 9.17) is 9.47 Å². The summed E-state index contributed by atoms with van der Waals surface area (Å²) in [7, 11) is 3.20. The monoisotopic (exact) mass is 191 g/mol. The Hall–Kier alpha value is -1.69. The van der Waals surface area contributed by atoms with Crippen LogP contribution in [-0.4, -0.2) is 19.2 Å². The number of nitrogens with zero attached hydrogens (tertiary/aromatic N) is 1. The summed E-state index contributed by atoms with van der Waals surface area (Å²) in [6.07, 6.45) is 0. The highest BCUT2D eigenvalue weighted by Gasteiger charge is 2.08. The molecule has 1 rings (SSSR count). The van der Waals surface area contributed by atoms with E-state index in [2.05, 4.69) is 16.8 Å². The maximum atomic E-state index is 5.19. The van der Waals surface area contributed by atoms with Crippen molar-refractivity contribution in [1.82, 2.24) is 4.98 Å². The number of hydrogen-bond acceptors (Lipinski definition) is 3. The molecule has 14 heavy (non-hydrogen) atoms. The van der Waals surface area contributed by atoms with E-state index in [-0.39, 0.29) is 0 Å². The van der Waals surface area contributed by atoms with Crippen LogP contribution in [0.5, 0.6) is 11.6 Å². The van der Waals surface area contributed by atoms with E-state index in [0.717, 1.165) is 11.3 Å². The van der Waals surface area contributed by atoms with Gasteiger partial charge in [0.05, 0.1) is 19.8 Å². The minimum Gasteiger partial charge on any atom is -0.496 e. The quantitative estimate of drug-likeness (QED) is 0.668. The molecule has 0 aliphatic heterocycles. The molecule has 1 aromatic rings. The van der Waals surface area contributed by atoms with Crippen molar-refractivity contribution < 1.29 is 9.47 Å². The lowest BCUT2D eigenvalue weighted by atomic mass is 10.2. The second-order valence-electron chi connectivity index (χ2n) is 2.72. The van der Waals surface area contributed by atoms with Crippen molar-refractivity contribution in [2.75, 3.05) is 14.2 Å². The molecular weight excluding hydrogens is 178 g/mol. The first-order chi connectivity index (χ1) is 6.72. The van der Waals surface area contributed by atoms with Gasteiger partial charge in [-0.3, -0.25) is 0 Å². The number of rotatable bonds is 2. The average Bonchev–Trinajstić information content (AvgIpc) is 2.20. The lowest BCUT2D eigenvalue weighted by Gasteiger charge is -2.08. The van der Waals surface area contributed by atoms with Crippen molar-refractivity contribution in [1.29, 1.82) is 0 Å². The fraction of sp³-hybridized carbons (Fsp3) is 0.364. The Bertz CT molecular complexity index is 363. The van der Waals surface area contributed by atoms with Gasteiger partial charge in [0.2, 0.25) is 5.88 Å². The van der Waals surface area contributed by atoms with Crippen molar-refractivity contribution in [2.24, 2.45) is 0 Å². The zero-order chi connectivity index (χ0) is 10.6. The summed E-state index contributed by atoms with van der Waals surface area (Å²) in [5.41, 5.74) is 1.54. The van der Waals surface area contributed by atoms with E-state index in [9.17, 15) is 0 Å². The van der Waals surface area contributed by atoms with Crippen LogP contribution < -0.4 is 9.47 Å². The molecule has 0 radical (unpaired) electrons. The minimum absolute atomic E-state index is 0.558. The highest BCUT2D eigenvalue weighted by Crippen LogP contribution is 2.25. The lowest BCUT2D eigenvalue weighted by Crippen LogP contribution is -1.97. The van der Waals surface area contributed by atoms with Gasteiger partial charge in [0, 0.05) is 6.07 Å². The van der Waals surface area contributed by atoms with Crippen LogP contribution in [0.15, 0.2) is 6.07 Å². The van der Waals surface area contributed by atoms with Crippen LogP contribution in [0.25, 0.3) is 0 Å². The predicted molar refractivity (Wildman–Crippen MR) is 54.6 cm³/mol. The fourth-order valence-electron chi connectivity index (χ4n) is 1.17. The molecule has 0 fully saturated rings. The average molecular weight is 191 g/mol. The van der Waals surface area contributed by atoms with Gasteiger partial charge in [-0.25, -0.2) is 4.98 Å². The van der Waals surface area contributed by atoms with Crippen LogP contribution in [0.3, 0.4) is 0 Å². The van der Waals surface area contributed by atoms with Crippen molar-refractivity contribution in [3.05, 3.63) is 17.3 Å². The molecule has 0 aliphatic carbocycles. The molecule has 0 atom stereocenters. The van der Waals surface area contributed by atoms with Crippen LogP contribution in [0.1, 0.15) is 18.2 Å². The molecule has 0 aromatic carbocycles. The minimum atomic E-state index is 0.558. The summed E-state index contributed by atoms with van der Waals surface area (Å²) in [4.78, 5) is 4.21. The summed E-state index contributed by atoms with van der Waals surface area (Å²) in [6.45, 7) is 3.66. The van der Waals surface area contributed by atoms with Crippen molar-refractivity contribution >= 4 is 0 Å². The van der Waals surface area contributed by atoms with E-state index in [1.807, 2.05) is 6.92 Å². The zero-order valence-electron chi connectivity index (χ0n) is 8.84. The fourth-order valence-corrected chi connectivity index (χ4v) is 1.17. The van der Waals surface area contributed by atoms with E-state index in [0.29, 0.717) is 11.6 Å². The van der Waals surface area contributed by atoms with Gasteiger partial charge in [0.15, 0.2) is 0 Å². The molecule has 0 aliphatic rings. The van der Waals surface area contributed by atoms with Gasteiger partial charge >= 0.3 is 0 Å². The SMILES string of the molecule is CC#Cc1cc(OC)c(C)c(OC)n1. The third-order valence-electron chi connectivity index (χ3n) is 1.85. The molecule has 0 amide bonds. The Kier molecular flexibility index (Phi) is 3.35. The van der Waals surface area contributed by atoms with Gasteiger partial charge < -0.3 is 9.47 Å². The van der Waals surface area contributed by atoms with E-state index >= 15 is 0 Å². The molecule has 0 N–H and O–H groups in total. The van der Waals surface area contributed by atoms with Crippen LogP contribution >= 0.6 is 0 Å². The molecule has 1 aromatic heterocycles. The molecule has 0 saturated carbocycles. The first-order valence-electron chi connectivity index (χ1n) is 4.25. The summed E-state index contributed by atoms with van der Waals surface area (Å²) in [5.74, 6) is 6.95. The van der Waals surface area contributed by atoms with Crippen LogP contribution in [-0.2, 0) is 0 Å². The van der Waals surface area contributed by atoms with Crippen LogP contribution in [0.4, 0.5) is 0 Å². The largest absolute Gasteiger partial charge is 0.496 e. The van der Waals surface area contributed by atoms with Crippen molar-refractivity contribution in [3.63, 3.8) is 0 Å². The maximum absolute atomic E-state index is 5.19. The molecular formula is C11H13NO2. The topological polar surface area (TPSA) is 31.4 Å². The Morgan fingerprint density at radius 2 is 2.00 bits per heavy atom. The highest BCUT2D eigenvalue weighted by atomic mass is 16.5. The molecule has 0 unspecified atom stereocenters. The van der Waals surface area contributed by atoms with Gasteiger partial charge in [-0.15, -0.1) is 0 Å². The predicted octanol–water partition coefficient (Wildman–Crippen LogP) is 1.78. The molecule has 0 saturated heterocycles. The number of aromatic nitrogens is 1. The van der Waals surface area contributed by atoms with Gasteiger partial charge in [-0.2, -0.15) is 0 Å². The second-order valence-corrected chi connectivity index (χ2v) is 2.72. The number of methoxy groups -OCH3 is 2. The van der Waals surface area contributed by atoms with Crippen LogP contribution in [0, 0.1) is 18.8 Å². The van der Waals surface area contributed by atoms with E-state index < -0.39 is 0 Å². The Morgan fingerprint density at radius 1 is 1.29 bits per heavy atom. The van der Waals surface area contributed by atoms with Gasteiger partial charge in [0.25, 0.3) is 0 Å². The summed E-state index contributed by atoms with van der Waals surface area (Å²) >= 11 is 0. The van der Waals surface area contributed by atoms with E-state index in [1.54, 1.807) is 27.2 Å². The number of pyridine rings is 1. The third-order valence-corrected chi connectivity index (χ3v) is 1.85. The molecule has 0 spiro atoms.